The van der Waals surface area contributed by atoms with E-state index in [1.54, 1.807) is 0 Å². The van der Waals surface area contributed by atoms with Gasteiger partial charge in [0.2, 0.25) is 0 Å². The minimum atomic E-state index is -0.462. The summed E-state index contributed by atoms with van der Waals surface area (Å²) in [5.74, 6) is 0. The standard InChI is InChI=1S/C12H23NO2/c14-9-11-5-4-8-13(11)10-12(15)6-2-1-3-7-12/h11,14-15H,1-10H2. The van der Waals surface area contributed by atoms with Gasteiger partial charge in [0, 0.05) is 12.6 Å². The zero-order chi connectivity index (χ0) is 10.7. The highest BCUT2D eigenvalue weighted by Gasteiger charge is 2.35. The van der Waals surface area contributed by atoms with Gasteiger partial charge in [-0.2, -0.15) is 0 Å². The maximum atomic E-state index is 10.4. The summed E-state index contributed by atoms with van der Waals surface area (Å²) in [6.07, 6.45) is 7.74. The van der Waals surface area contributed by atoms with Crippen molar-refractivity contribution in [2.75, 3.05) is 19.7 Å². The van der Waals surface area contributed by atoms with Crippen molar-refractivity contribution >= 4 is 0 Å². The van der Waals surface area contributed by atoms with Gasteiger partial charge in [0.25, 0.3) is 0 Å². The molecule has 15 heavy (non-hydrogen) atoms. The van der Waals surface area contributed by atoms with Crippen LogP contribution in [-0.2, 0) is 0 Å². The molecule has 2 aliphatic rings. The van der Waals surface area contributed by atoms with Gasteiger partial charge in [0.15, 0.2) is 0 Å². The lowest BCUT2D eigenvalue weighted by molar-refractivity contribution is -0.0330. The van der Waals surface area contributed by atoms with Gasteiger partial charge in [0.1, 0.15) is 0 Å². The second-order valence-corrected chi connectivity index (χ2v) is 5.23. The zero-order valence-corrected chi connectivity index (χ0v) is 9.49. The molecule has 2 rings (SSSR count). The predicted molar refractivity (Wildman–Crippen MR) is 59.7 cm³/mol. The molecule has 1 saturated carbocycles. The number of hydrogen-bond donors (Lipinski definition) is 2. The molecule has 0 amide bonds. The summed E-state index contributed by atoms with van der Waals surface area (Å²) in [5, 5.41) is 19.6. The first-order chi connectivity index (χ1) is 7.23. The van der Waals surface area contributed by atoms with Crippen molar-refractivity contribution in [1.29, 1.82) is 0 Å². The molecular weight excluding hydrogens is 190 g/mol. The summed E-state index contributed by atoms with van der Waals surface area (Å²) in [6, 6.07) is 0.302. The highest BCUT2D eigenvalue weighted by atomic mass is 16.3. The molecule has 0 bridgehead atoms. The summed E-state index contributed by atoms with van der Waals surface area (Å²) >= 11 is 0. The van der Waals surface area contributed by atoms with Crippen molar-refractivity contribution in [3.8, 4) is 0 Å². The van der Waals surface area contributed by atoms with Gasteiger partial charge in [-0.3, -0.25) is 4.90 Å². The van der Waals surface area contributed by atoms with Gasteiger partial charge in [0.05, 0.1) is 12.2 Å². The maximum absolute atomic E-state index is 10.4. The number of rotatable bonds is 3. The largest absolute Gasteiger partial charge is 0.395 e. The number of aliphatic hydroxyl groups excluding tert-OH is 1. The molecule has 0 spiro atoms. The molecule has 1 aliphatic heterocycles. The SMILES string of the molecule is OCC1CCCN1CC1(O)CCCCC1. The number of hydrogen-bond acceptors (Lipinski definition) is 3. The van der Waals surface area contributed by atoms with E-state index in [0.29, 0.717) is 6.04 Å². The van der Waals surface area contributed by atoms with Crippen LogP contribution >= 0.6 is 0 Å². The van der Waals surface area contributed by atoms with Gasteiger partial charge in [-0.15, -0.1) is 0 Å². The van der Waals surface area contributed by atoms with Crippen LogP contribution in [0.3, 0.4) is 0 Å². The van der Waals surface area contributed by atoms with E-state index in [4.69, 9.17) is 0 Å². The number of nitrogens with zero attached hydrogens (tertiary/aromatic N) is 1. The number of β-amino-alcohol motifs (C(OH)–C–C–N with tert-alkyl or cyclic N) is 1. The average molecular weight is 213 g/mol. The summed E-state index contributed by atoms with van der Waals surface area (Å²) in [6.45, 7) is 2.07. The smallest absolute Gasteiger partial charge is 0.0774 e. The average Bonchev–Trinajstić information content (AvgIpc) is 2.65. The topological polar surface area (TPSA) is 43.7 Å². The molecule has 3 nitrogen and oxygen atoms in total. The van der Waals surface area contributed by atoms with Gasteiger partial charge in [-0.25, -0.2) is 0 Å². The summed E-state index contributed by atoms with van der Waals surface area (Å²) in [5.41, 5.74) is -0.462. The molecule has 88 valence electrons. The summed E-state index contributed by atoms with van der Waals surface area (Å²) < 4.78 is 0. The van der Waals surface area contributed by atoms with E-state index < -0.39 is 5.60 Å². The van der Waals surface area contributed by atoms with Gasteiger partial charge in [-0.1, -0.05) is 19.3 Å². The second kappa shape index (κ2) is 4.81. The Morgan fingerprint density at radius 3 is 2.53 bits per heavy atom. The summed E-state index contributed by atoms with van der Waals surface area (Å²) in [7, 11) is 0. The van der Waals surface area contributed by atoms with Crippen LogP contribution in [0.25, 0.3) is 0 Å². The molecule has 0 radical (unpaired) electrons. The third-order valence-corrected chi connectivity index (χ3v) is 3.99. The lowest BCUT2D eigenvalue weighted by atomic mass is 9.84. The Labute approximate surface area is 92.1 Å². The van der Waals surface area contributed by atoms with Gasteiger partial charge in [-0.05, 0) is 32.2 Å². The Balaban J connectivity index is 1.88. The summed E-state index contributed by atoms with van der Waals surface area (Å²) in [4.78, 5) is 2.28. The number of aliphatic hydroxyl groups is 2. The van der Waals surface area contributed by atoms with Crippen molar-refractivity contribution in [2.45, 2.75) is 56.6 Å². The van der Waals surface area contributed by atoms with E-state index in [2.05, 4.69) is 4.90 Å². The van der Waals surface area contributed by atoms with Crippen LogP contribution in [0.1, 0.15) is 44.9 Å². The molecule has 3 heteroatoms. The van der Waals surface area contributed by atoms with Crippen LogP contribution < -0.4 is 0 Å². The fourth-order valence-corrected chi connectivity index (χ4v) is 3.06. The van der Waals surface area contributed by atoms with Gasteiger partial charge >= 0.3 is 0 Å². The molecule has 0 aromatic carbocycles. The molecule has 2 N–H and O–H groups in total. The van der Waals surface area contributed by atoms with Crippen molar-refractivity contribution in [2.24, 2.45) is 0 Å². The third kappa shape index (κ3) is 2.71. The van der Waals surface area contributed by atoms with Crippen LogP contribution in [0.4, 0.5) is 0 Å². The van der Waals surface area contributed by atoms with E-state index >= 15 is 0 Å². The lowest BCUT2D eigenvalue weighted by Crippen LogP contribution is -2.47. The van der Waals surface area contributed by atoms with Crippen molar-refractivity contribution in [3.63, 3.8) is 0 Å². The van der Waals surface area contributed by atoms with Crippen molar-refractivity contribution < 1.29 is 10.2 Å². The molecule has 0 aromatic heterocycles. The molecule has 1 saturated heterocycles. The Bertz CT molecular complexity index is 202. The quantitative estimate of drug-likeness (QED) is 0.739. The number of likely N-dealkylation sites (tertiary alicyclic amines) is 1. The van der Waals surface area contributed by atoms with Crippen LogP contribution in [0.2, 0.25) is 0 Å². The molecule has 1 aliphatic carbocycles. The van der Waals surface area contributed by atoms with Crippen LogP contribution in [0, 0.1) is 0 Å². The van der Waals surface area contributed by atoms with E-state index in [9.17, 15) is 10.2 Å². The maximum Gasteiger partial charge on any atom is 0.0774 e. The molecule has 0 aromatic rings. The molecule has 1 unspecified atom stereocenters. The van der Waals surface area contributed by atoms with Gasteiger partial charge < -0.3 is 10.2 Å². The van der Waals surface area contributed by atoms with Crippen molar-refractivity contribution in [3.05, 3.63) is 0 Å². The first-order valence-electron chi connectivity index (χ1n) is 6.31. The fraction of sp³-hybridized carbons (Fsp3) is 1.00. The predicted octanol–water partition coefficient (Wildman–Crippen LogP) is 1.14. The Hall–Kier alpha value is -0.120. The van der Waals surface area contributed by atoms with E-state index in [-0.39, 0.29) is 6.61 Å². The normalized spacial score (nSPS) is 32.0. The zero-order valence-electron chi connectivity index (χ0n) is 9.49. The first kappa shape index (κ1) is 11.4. The second-order valence-electron chi connectivity index (χ2n) is 5.23. The van der Waals surface area contributed by atoms with E-state index in [1.807, 2.05) is 0 Å². The first-order valence-corrected chi connectivity index (χ1v) is 6.31. The van der Waals surface area contributed by atoms with Crippen molar-refractivity contribution in [1.82, 2.24) is 4.90 Å². The highest BCUT2D eigenvalue weighted by Crippen LogP contribution is 2.30. The van der Waals surface area contributed by atoms with E-state index in [1.165, 1.54) is 12.8 Å². The van der Waals surface area contributed by atoms with Crippen LogP contribution in [0.5, 0.6) is 0 Å². The molecular formula is C12H23NO2. The molecule has 1 heterocycles. The lowest BCUT2D eigenvalue weighted by Gasteiger charge is -2.37. The minimum absolute atomic E-state index is 0.246. The van der Waals surface area contributed by atoms with Crippen LogP contribution in [-0.4, -0.2) is 46.5 Å². The monoisotopic (exact) mass is 213 g/mol. The van der Waals surface area contributed by atoms with E-state index in [0.717, 1.165) is 45.2 Å². The highest BCUT2D eigenvalue weighted by molar-refractivity contribution is 4.89. The Morgan fingerprint density at radius 1 is 1.13 bits per heavy atom. The Kier molecular flexibility index (Phi) is 3.65. The fourth-order valence-electron chi connectivity index (χ4n) is 3.06. The Morgan fingerprint density at radius 2 is 1.87 bits per heavy atom. The minimum Gasteiger partial charge on any atom is -0.395 e. The molecule has 1 atom stereocenters. The molecule has 2 fully saturated rings. The van der Waals surface area contributed by atoms with Crippen LogP contribution in [0.15, 0.2) is 0 Å². The third-order valence-electron chi connectivity index (χ3n) is 3.99.